The van der Waals surface area contributed by atoms with Crippen LogP contribution in [0.2, 0.25) is 0 Å². The van der Waals surface area contributed by atoms with Crippen LogP contribution in [0.1, 0.15) is 93.4 Å². The van der Waals surface area contributed by atoms with Crippen molar-refractivity contribution in [2.45, 2.75) is 99.6 Å². The Morgan fingerprint density at radius 2 is 1.69 bits per heavy atom. The van der Waals surface area contributed by atoms with Gasteiger partial charge in [0.1, 0.15) is 6.23 Å². The minimum Gasteiger partial charge on any atom is -0.504 e. The highest BCUT2D eigenvalue weighted by atomic mass is 16.3. The van der Waals surface area contributed by atoms with Gasteiger partial charge in [-0.1, -0.05) is 52.3 Å². The van der Waals surface area contributed by atoms with Gasteiger partial charge < -0.3 is 10.2 Å². The van der Waals surface area contributed by atoms with Crippen molar-refractivity contribution >= 4 is 5.78 Å². The molecular formula is C32H47NO3. The van der Waals surface area contributed by atoms with Gasteiger partial charge in [0.15, 0.2) is 5.76 Å². The van der Waals surface area contributed by atoms with Crippen molar-refractivity contribution in [3.8, 4) is 0 Å². The topological polar surface area (TPSA) is 60.8 Å². The minimum absolute atomic E-state index is 0.0572. The second-order valence-electron chi connectivity index (χ2n) is 14.4. The van der Waals surface area contributed by atoms with Crippen LogP contribution in [0.4, 0.5) is 0 Å². The van der Waals surface area contributed by atoms with Crippen LogP contribution in [0, 0.1) is 33.0 Å². The SMILES string of the molecule is CC1=C(O)C(=O)C=C2C1=CC=C1[C@@]2(C)CC[C@@]2(C)[C@@H]3C[C@](C)(CN(C)C(C)O)CC[C@]3(C)CC[C@]12C. The Bertz CT molecular complexity index is 1130. The Balaban J connectivity index is 1.57. The Kier molecular flexibility index (Phi) is 5.72. The van der Waals surface area contributed by atoms with Crippen LogP contribution in [-0.4, -0.2) is 40.7 Å². The van der Waals surface area contributed by atoms with Crippen molar-refractivity contribution in [2.75, 3.05) is 13.6 Å². The average molecular weight is 494 g/mol. The van der Waals surface area contributed by atoms with Gasteiger partial charge >= 0.3 is 0 Å². The predicted octanol–water partition coefficient (Wildman–Crippen LogP) is 6.88. The van der Waals surface area contributed by atoms with E-state index in [0.717, 1.165) is 30.5 Å². The molecule has 3 saturated carbocycles. The zero-order chi connectivity index (χ0) is 26.5. The summed E-state index contributed by atoms with van der Waals surface area (Å²) >= 11 is 0. The molecule has 0 aromatic carbocycles. The first-order chi connectivity index (χ1) is 16.6. The number of nitrogens with zero attached hydrogens (tertiary/aromatic N) is 1. The molecule has 0 radical (unpaired) electrons. The summed E-state index contributed by atoms with van der Waals surface area (Å²) in [7, 11) is 2.05. The number of carbonyl (C=O) groups excluding carboxylic acids is 1. The molecule has 198 valence electrons. The highest BCUT2D eigenvalue weighted by Gasteiger charge is 2.66. The quantitative estimate of drug-likeness (QED) is 0.421. The van der Waals surface area contributed by atoms with Gasteiger partial charge in [0, 0.05) is 17.5 Å². The second kappa shape index (κ2) is 7.93. The molecule has 0 saturated heterocycles. The predicted molar refractivity (Wildman–Crippen MR) is 145 cm³/mol. The molecule has 7 atom stereocenters. The fraction of sp³-hybridized carbons (Fsp3) is 0.719. The third-order valence-electron chi connectivity index (χ3n) is 12.2. The third kappa shape index (κ3) is 3.35. The monoisotopic (exact) mass is 493 g/mol. The van der Waals surface area contributed by atoms with Gasteiger partial charge in [0.2, 0.25) is 5.78 Å². The van der Waals surface area contributed by atoms with E-state index in [2.05, 4.69) is 51.7 Å². The lowest BCUT2D eigenvalue weighted by Gasteiger charge is -2.70. The largest absolute Gasteiger partial charge is 0.504 e. The summed E-state index contributed by atoms with van der Waals surface area (Å²) in [6.07, 6.45) is 14.1. The van der Waals surface area contributed by atoms with Crippen molar-refractivity contribution in [3.05, 3.63) is 46.3 Å². The Morgan fingerprint density at radius 3 is 2.36 bits per heavy atom. The van der Waals surface area contributed by atoms with Crippen molar-refractivity contribution in [2.24, 2.45) is 33.0 Å². The summed E-state index contributed by atoms with van der Waals surface area (Å²) in [6.45, 7) is 17.1. The summed E-state index contributed by atoms with van der Waals surface area (Å²) < 4.78 is 0. The Hall–Kier alpha value is -1.65. The molecule has 5 aliphatic rings. The summed E-state index contributed by atoms with van der Waals surface area (Å²) in [5, 5.41) is 20.6. The lowest BCUT2D eigenvalue weighted by molar-refractivity contribution is -0.165. The Morgan fingerprint density at radius 1 is 1.03 bits per heavy atom. The van der Waals surface area contributed by atoms with E-state index in [-0.39, 0.29) is 33.2 Å². The highest BCUT2D eigenvalue weighted by Crippen LogP contribution is 2.75. The molecule has 0 bridgehead atoms. The van der Waals surface area contributed by atoms with E-state index in [4.69, 9.17) is 0 Å². The maximum absolute atomic E-state index is 12.7. The summed E-state index contributed by atoms with van der Waals surface area (Å²) in [4.78, 5) is 14.8. The second-order valence-corrected chi connectivity index (χ2v) is 14.4. The number of carbonyl (C=O) groups is 1. The van der Waals surface area contributed by atoms with Crippen LogP contribution in [0.15, 0.2) is 46.3 Å². The first-order valence-electron chi connectivity index (χ1n) is 14.1. The van der Waals surface area contributed by atoms with Gasteiger partial charge in [-0.05, 0) is 111 Å². The lowest BCUT2D eigenvalue weighted by Crippen LogP contribution is -2.62. The van der Waals surface area contributed by atoms with E-state index < -0.39 is 6.23 Å². The Labute approximate surface area is 218 Å². The summed E-state index contributed by atoms with van der Waals surface area (Å²) in [5.41, 5.74) is 4.98. The number of allylic oxidation sites excluding steroid dienone is 7. The molecular weight excluding hydrogens is 446 g/mol. The number of aliphatic hydroxyl groups excluding tert-OH is 2. The zero-order valence-electron chi connectivity index (χ0n) is 23.8. The van der Waals surface area contributed by atoms with Crippen molar-refractivity contribution in [1.29, 1.82) is 0 Å². The van der Waals surface area contributed by atoms with E-state index in [1.165, 1.54) is 37.7 Å². The van der Waals surface area contributed by atoms with Crippen molar-refractivity contribution in [1.82, 2.24) is 4.90 Å². The van der Waals surface area contributed by atoms with E-state index in [1.54, 1.807) is 6.08 Å². The fourth-order valence-corrected chi connectivity index (χ4v) is 9.40. The van der Waals surface area contributed by atoms with E-state index in [1.807, 2.05) is 20.9 Å². The smallest absolute Gasteiger partial charge is 0.220 e. The van der Waals surface area contributed by atoms with Crippen LogP contribution in [0.25, 0.3) is 0 Å². The standard InChI is InChI=1S/C32H47NO3/c1-20-22-9-10-25-30(5,23(22)17-24(35)27(20)36)14-16-32(7)26-18-28(3,19-33(8)21(2)34)11-12-29(26,4)13-15-31(25,32)6/h9-10,17,21,26,34,36H,11-16,18-19H2,1-8H3/t21?,26-,28-,29-,30+,31-,32+/m1/s1. The first kappa shape index (κ1) is 26.0. The van der Waals surface area contributed by atoms with E-state index >= 15 is 0 Å². The van der Waals surface area contributed by atoms with E-state index in [9.17, 15) is 15.0 Å². The molecule has 0 amide bonds. The number of fused-ring (bicyclic) bond motifs is 7. The summed E-state index contributed by atoms with van der Waals surface area (Å²) in [6, 6.07) is 0. The molecule has 1 unspecified atom stereocenters. The molecule has 0 heterocycles. The van der Waals surface area contributed by atoms with E-state index in [0.29, 0.717) is 16.9 Å². The molecule has 0 aromatic rings. The van der Waals surface area contributed by atoms with Gasteiger partial charge in [0.05, 0.1) is 0 Å². The number of aliphatic hydroxyl groups is 2. The molecule has 5 rings (SSSR count). The molecule has 2 N–H and O–H groups in total. The zero-order valence-corrected chi connectivity index (χ0v) is 23.8. The molecule has 4 heteroatoms. The maximum atomic E-state index is 12.7. The van der Waals surface area contributed by atoms with Gasteiger partial charge in [-0.3, -0.25) is 9.69 Å². The molecule has 0 aromatic heterocycles. The van der Waals surface area contributed by atoms with Gasteiger partial charge in [-0.15, -0.1) is 0 Å². The van der Waals surface area contributed by atoms with Crippen molar-refractivity contribution in [3.63, 3.8) is 0 Å². The molecule has 36 heavy (non-hydrogen) atoms. The first-order valence-corrected chi connectivity index (χ1v) is 14.1. The highest BCUT2D eigenvalue weighted by molar-refractivity contribution is 6.06. The molecule has 5 aliphatic carbocycles. The fourth-order valence-electron chi connectivity index (χ4n) is 9.40. The number of ketones is 1. The van der Waals surface area contributed by atoms with Crippen LogP contribution < -0.4 is 0 Å². The normalized spacial score (nSPS) is 45.1. The van der Waals surface area contributed by atoms with Crippen LogP contribution in [-0.2, 0) is 4.79 Å². The summed E-state index contributed by atoms with van der Waals surface area (Å²) in [5.74, 6) is 0.268. The number of rotatable bonds is 3. The van der Waals surface area contributed by atoms with Gasteiger partial charge in [-0.25, -0.2) is 0 Å². The average Bonchev–Trinajstić information content (AvgIpc) is 2.81. The maximum Gasteiger partial charge on any atom is 0.220 e. The van der Waals surface area contributed by atoms with Crippen LogP contribution in [0.3, 0.4) is 0 Å². The minimum atomic E-state index is -0.422. The van der Waals surface area contributed by atoms with Crippen LogP contribution in [0.5, 0.6) is 0 Å². The molecule has 4 nitrogen and oxygen atoms in total. The molecule has 0 spiro atoms. The van der Waals surface area contributed by atoms with Crippen molar-refractivity contribution < 1.29 is 15.0 Å². The molecule has 0 aliphatic heterocycles. The van der Waals surface area contributed by atoms with Crippen LogP contribution >= 0.6 is 0 Å². The molecule has 3 fully saturated rings. The van der Waals surface area contributed by atoms with Gasteiger partial charge in [-0.2, -0.15) is 0 Å². The lowest BCUT2D eigenvalue weighted by atomic mass is 9.34. The number of hydrogen-bond donors (Lipinski definition) is 2. The third-order valence-corrected chi connectivity index (χ3v) is 12.2. The van der Waals surface area contributed by atoms with Gasteiger partial charge in [0.25, 0.3) is 0 Å². The number of hydrogen-bond acceptors (Lipinski definition) is 4.